The fourth-order valence-corrected chi connectivity index (χ4v) is 9.65. The molecule has 1 aromatic carbocycles. The predicted molar refractivity (Wildman–Crippen MR) is 343 cm³/mol. The summed E-state index contributed by atoms with van der Waals surface area (Å²) in [7, 11) is 0. The molecule has 1 fully saturated rings. The Balaban J connectivity index is 2.65. The van der Waals surface area contributed by atoms with E-state index in [4.69, 9.17) is 32.4 Å². The molecule has 93 heavy (non-hydrogen) atoms. The van der Waals surface area contributed by atoms with Crippen LogP contribution in [-0.4, -0.2) is 211 Å². The highest BCUT2D eigenvalue weighted by Gasteiger charge is 2.37. The summed E-state index contributed by atoms with van der Waals surface area (Å²) in [6.07, 6.45) is -4.75. The summed E-state index contributed by atoms with van der Waals surface area (Å²) < 4.78 is 10.6. The second-order valence-corrected chi connectivity index (χ2v) is 24.6. The van der Waals surface area contributed by atoms with Crippen LogP contribution in [0.1, 0.15) is 139 Å². The average molecular weight is 1320 g/mol. The predicted octanol–water partition coefficient (Wildman–Crippen LogP) is -4.30. The molecule has 1 aromatic rings. The van der Waals surface area contributed by atoms with Gasteiger partial charge in [0.25, 0.3) is 0 Å². The summed E-state index contributed by atoms with van der Waals surface area (Å²) in [6.45, 7) is 13.2. The third-order valence-electron chi connectivity index (χ3n) is 14.5. The van der Waals surface area contributed by atoms with Crippen LogP contribution in [-0.2, 0) is 68.6 Å². The third kappa shape index (κ3) is 31.7. The fraction of sp³-hybridized carbons (Fsp3) is 0.705. The van der Waals surface area contributed by atoms with Gasteiger partial charge >= 0.3 is 12.1 Å². The minimum atomic E-state index is -1.79. The van der Waals surface area contributed by atoms with Crippen LogP contribution >= 0.6 is 0 Å². The molecule has 22 N–H and O–H groups in total. The van der Waals surface area contributed by atoms with Gasteiger partial charge in [0.05, 0.1) is 30.8 Å². The molecular formula is C61H106N16O16. The lowest BCUT2D eigenvalue weighted by Crippen LogP contribution is -2.61. The Bertz CT molecular complexity index is 2580. The molecule has 32 heteroatoms. The number of nitrogens with two attached hydrogens (primary N) is 4. The molecule has 0 saturated carbocycles. The van der Waals surface area contributed by atoms with E-state index >= 15 is 0 Å². The number of rotatable bonds is 30. The number of hydrogen-bond donors (Lipinski definition) is 18. The number of aliphatic hydroxyl groups excluding tert-OH is 2. The molecule has 11 amide bonds. The summed E-state index contributed by atoms with van der Waals surface area (Å²) in [6, 6.07) is -5.27. The lowest BCUT2D eigenvalue weighted by molar-refractivity contribution is -0.149. The van der Waals surface area contributed by atoms with Crippen molar-refractivity contribution in [2.75, 3.05) is 45.8 Å². The van der Waals surface area contributed by atoms with E-state index in [1.165, 1.54) is 13.8 Å². The number of ether oxygens (including phenoxy) is 2. The number of carbonyl (C=O) groups excluding carboxylic acids is 12. The molecule has 2 rings (SSSR count). The minimum absolute atomic E-state index is 0.0387. The van der Waals surface area contributed by atoms with Crippen molar-refractivity contribution in [2.24, 2.45) is 28.9 Å². The van der Waals surface area contributed by atoms with Gasteiger partial charge in [-0.3, -0.25) is 52.7 Å². The topological polar surface area (TPSA) is 512 Å². The molecule has 1 aliphatic heterocycles. The highest BCUT2D eigenvalue weighted by atomic mass is 16.6. The van der Waals surface area contributed by atoms with Crippen molar-refractivity contribution in [3.63, 3.8) is 0 Å². The maximum atomic E-state index is 14.5. The smallest absolute Gasteiger partial charge is 0.407 e. The summed E-state index contributed by atoms with van der Waals surface area (Å²) in [5.74, 6) is -9.53. The number of alkyl carbamates (subject to hydrolysis) is 1. The summed E-state index contributed by atoms with van der Waals surface area (Å²) in [4.78, 5) is 166. The second kappa shape index (κ2) is 42.6. The van der Waals surface area contributed by atoms with Crippen LogP contribution in [0.25, 0.3) is 0 Å². The largest absolute Gasteiger partial charge is 0.463 e. The Hall–Kier alpha value is -7.62. The first-order valence-electron chi connectivity index (χ1n) is 32.0. The Kier molecular flexibility index (Phi) is 37.3. The number of nitrogens with one attached hydrogen (secondary N) is 12. The number of aliphatic hydroxyl groups is 2. The maximum absolute atomic E-state index is 14.5. The van der Waals surface area contributed by atoms with Crippen molar-refractivity contribution < 1.29 is 77.2 Å². The monoisotopic (exact) mass is 1320 g/mol. The van der Waals surface area contributed by atoms with Gasteiger partial charge in [0.15, 0.2) is 0 Å². The molecule has 1 heterocycles. The van der Waals surface area contributed by atoms with Gasteiger partial charge in [-0.1, -0.05) is 57.5 Å². The van der Waals surface area contributed by atoms with Gasteiger partial charge in [0, 0.05) is 38.5 Å². The quantitative estimate of drug-likeness (QED) is 0.0324. The molecular weight excluding hydrogens is 1210 g/mol. The van der Waals surface area contributed by atoms with Crippen LogP contribution in [0.2, 0.25) is 0 Å². The van der Waals surface area contributed by atoms with E-state index in [1.807, 2.05) is 6.92 Å². The van der Waals surface area contributed by atoms with Crippen molar-refractivity contribution in [3.05, 3.63) is 35.9 Å². The van der Waals surface area contributed by atoms with Crippen molar-refractivity contribution in [1.29, 1.82) is 0 Å². The van der Waals surface area contributed by atoms with E-state index in [1.54, 1.807) is 71.9 Å². The summed E-state index contributed by atoms with van der Waals surface area (Å²) in [5, 5.41) is 53.5. The van der Waals surface area contributed by atoms with Crippen molar-refractivity contribution in [1.82, 2.24) is 63.8 Å². The SMILES string of the molecule is CCCC(C)OC(=O)CCC(=O)N[C@@H](CCNC(=O)OC(C)(C)C)C(=O)N[C@H](C(=O)N[C@@H](CCN)C(=O)N[C@H]1CCNC(=O)[C@H](C(C)O)NC(=O)[C@H](CCN)NC(=O)[C@H](CCN)NC(=O)[C@H](CC(C)C)NC(=O)[C@@H](Cc2ccccc2)NC(=O)[C@H](CCN)NC1)C(C)O. The van der Waals surface area contributed by atoms with Crippen molar-refractivity contribution >= 4 is 71.1 Å². The highest BCUT2D eigenvalue weighted by molar-refractivity contribution is 5.98. The molecule has 1 aliphatic rings. The minimum Gasteiger partial charge on any atom is -0.463 e. The summed E-state index contributed by atoms with van der Waals surface area (Å²) in [5.41, 5.74) is 23.5. The number of carbonyl (C=O) groups is 12. The molecule has 0 radical (unpaired) electrons. The molecule has 0 aliphatic carbocycles. The maximum Gasteiger partial charge on any atom is 0.407 e. The van der Waals surface area contributed by atoms with Crippen LogP contribution < -0.4 is 86.7 Å². The zero-order valence-corrected chi connectivity index (χ0v) is 55.3. The van der Waals surface area contributed by atoms with Crippen LogP contribution in [0.5, 0.6) is 0 Å². The van der Waals surface area contributed by atoms with E-state index in [-0.39, 0.29) is 110 Å². The number of amides is 11. The van der Waals surface area contributed by atoms with Crippen LogP contribution in [0.15, 0.2) is 30.3 Å². The molecule has 0 aromatic heterocycles. The van der Waals surface area contributed by atoms with Crippen molar-refractivity contribution in [3.8, 4) is 0 Å². The lowest BCUT2D eigenvalue weighted by Gasteiger charge is -2.29. The third-order valence-corrected chi connectivity index (χ3v) is 14.5. The Labute approximate surface area is 544 Å². The van der Waals surface area contributed by atoms with Gasteiger partial charge in [-0.25, -0.2) is 4.79 Å². The van der Waals surface area contributed by atoms with Crippen LogP contribution in [0.4, 0.5) is 4.79 Å². The molecule has 0 bridgehead atoms. The molecule has 3 unspecified atom stereocenters. The molecule has 0 spiro atoms. The van der Waals surface area contributed by atoms with E-state index in [0.717, 1.165) is 6.42 Å². The number of esters is 1. The lowest BCUT2D eigenvalue weighted by atomic mass is 10.00. The Morgan fingerprint density at radius 1 is 0.634 bits per heavy atom. The van der Waals surface area contributed by atoms with E-state index < -0.39 is 162 Å². The van der Waals surface area contributed by atoms with Gasteiger partial charge < -0.3 is 106 Å². The van der Waals surface area contributed by atoms with Gasteiger partial charge in [0.1, 0.15) is 53.9 Å². The standard InChI is InChI=1S/C61H106N16O16/c1-10-14-35(4)92-48(81)18-17-47(80)70-44(24-30-67-60(91)93-61(7,8)9)55(86)77-50(37(6)79)59(90)73-41(20-26-63)52(83)69-39-23-29-66-58(89)49(36(5)78)76-54(85)43(22-28-65)71-53(84)42(21-27-64)72-56(87)45(31-34(2)3)74-57(88)46(32-38-15-12-11-13-16-38)75-51(82)40(19-25-62)68-33-39/h11-13,15-16,34-37,39-46,49-50,68,78-79H,10,14,17-33,62-65H2,1-9H3,(H,66,89)(H,67,91)(H,69,83)(H,70,80)(H,71,84)(H,72,87)(H,73,90)(H,74,88)(H,75,82)(H,76,85)(H,77,86)/t35?,36?,37?,39-,40-,41-,42-,43-,44-,45-,46+,49-,50-/m0/s1. The first-order valence-corrected chi connectivity index (χ1v) is 32.0. The number of hydrogen-bond acceptors (Lipinski definition) is 21. The van der Waals surface area contributed by atoms with E-state index in [9.17, 15) is 67.7 Å². The highest BCUT2D eigenvalue weighted by Crippen LogP contribution is 2.13. The first kappa shape index (κ1) is 81.5. The Morgan fingerprint density at radius 3 is 1.74 bits per heavy atom. The molecule has 32 nitrogen and oxygen atoms in total. The van der Waals surface area contributed by atoms with Crippen LogP contribution in [0.3, 0.4) is 0 Å². The molecule has 13 atom stereocenters. The normalized spacial score (nSPS) is 22.0. The fourth-order valence-electron chi connectivity index (χ4n) is 9.65. The van der Waals surface area contributed by atoms with Gasteiger partial charge in [-0.05, 0) is 131 Å². The zero-order valence-electron chi connectivity index (χ0n) is 55.3. The van der Waals surface area contributed by atoms with Crippen molar-refractivity contribution in [2.45, 2.75) is 224 Å². The van der Waals surface area contributed by atoms with E-state index in [2.05, 4.69) is 63.8 Å². The number of benzene rings is 1. The zero-order chi connectivity index (χ0) is 70.0. The molecule has 526 valence electrons. The van der Waals surface area contributed by atoms with Gasteiger partial charge in [-0.2, -0.15) is 0 Å². The second-order valence-electron chi connectivity index (χ2n) is 24.6. The molecule has 1 saturated heterocycles. The Morgan fingerprint density at radius 2 is 1.18 bits per heavy atom. The summed E-state index contributed by atoms with van der Waals surface area (Å²) >= 11 is 0. The van der Waals surface area contributed by atoms with Crippen LogP contribution in [0, 0.1) is 5.92 Å². The van der Waals surface area contributed by atoms with Gasteiger partial charge in [-0.15, -0.1) is 0 Å². The average Bonchev–Trinajstić information content (AvgIpc) is 1.55. The van der Waals surface area contributed by atoms with Gasteiger partial charge in [0.2, 0.25) is 59.1 Å². The first-order chi connectivity index (χ1) is 43.9. The van der Waals surface area contributed by atoms with E-state index in [0.29, 0.717) is 12.0 Å².